The molecule has 0 rings (SSSR count). The van der Waals surface area contributed by atoms with Gasteiger partial charge in [0, 0.05) is 0 Å². The average Bonchev–Trinajstić information content (AvgIpc) is 1.96. The number of unbranched alkanes of at least 4 members (excludes halogenated alkanes) is 1. The fourth-order valence-electron chi connectivity index (χ4n) is 0.594. The molecule has 11 heavy (non-hydrogen) atoms. The van der Waals surface area contributed by atoms with Crippen molar-refractivity contribution in [1.82, 2.24) is 0 Å². The van der Waals surface area contributed by atoms with Gasteiger partial charge in [-0.05, 0) is 31.9 Å². The van der Waals surface area contributed by atoms with E-state index in [0.717, 1.165) is 19.1 Å². The van der Waals surface area contributed by atoms with Crippen LogP contribution in [-0.2, 0) is 9.59 Å². The maximum absolute atomic E-state index is 10.4. The zero-order valence-electron chi connectivity index (χ0n) is 6.62. The van der Waals surface area contributed by atoms with E-state index in [1.54, 1.807) is 12.2 Å². The van der Waals surface area contributed by atoms with Crippen molar-refractivity contribution in [2.75, 3.05) is 0 Å². The first-order valence-corrected chi connectivity index (χ1v) is 3.54. The average molecular weight is 152 g/mol. The smallest absolute Gasteiger partial charge is 0.152 e. The van der Waals surface area contributed by atoms with Gasteiger partial charge in [0.2, 0.25) is 0 Å². The van der Waals surface area contributed by atoms with Crippen LogP contribution in [-0.4, -0.2) is 12.1 Å². The molecule has 0 unspecified atom stereocenters. The van der Waals surface area contributed by atoms with E-state index in [9.17, 15) is 9.59 Å². The highest BCUT2D eigenvalue weighted by atomic mass is 16.1. The van der Waals surface area contributed by atoms with Crippen LogP contribution in [0.1, 0.15) is 19.8 Å². The number of rotatable bonds is 5. The SMILES string of the molecule is CC(=O)/C=C/CC/C=C/C=O. The van der Waals surface area contributed by atoms with Crippen molar-refractivity contribution in [2.24, 2.45) is 0 Å². The number of hydrogen-bond donors (Lipinski definition) is 0. The molecule has 60 valence electrons. The fraction of sp³-hybridized carbons (Fsp3) is 0.333. The van der Waals surface area contributed by atoms with Gasteiger partial charge in [0.25, 0.3) is 0 Å². The van der Waals surface area contributed by atoms with Gasteiger partial charge in [-0.3, -0.25) is 9.59 Å². The molecule has 0 atom stereocenters. The van der Waals surface area contributed by atoms with Crippen LogP contribution in [0.2, 0.25) is 0 Å². The van der Waals surface area contributed by atoms with Gasteiger partial charge in [-0.1, -0.05) is 12.2 Å². The van der Waals surface area contributed by atoms with Crippen molar-refractivity contribution in [1.29, 1.82) is 0 Å². The molecule has 0 fully saturated rings. The number of aldehydes is 1. The van der Waals surface area contributed by atoms with Crippen LogP contribution in [0.5, 0.6) is 0 Å². The third-order valence-electron chi connectivity index (χ3n) is 1.07. The summed E-state index contributed by atoms with van der Waals surface area (Å²) in [5, 5.41) is 0. The molecule has 0 N–H and O–H groups in total. The Bertz CT molecular complexity index is 178. The molecule has 0 aliphatic heterocycles. The standard InChI is InChI=1S/C9H12O2/c1-9(11)7-5-3-2-4-6-8-10/h4-8H,2-3H2,1H3/b6-4+,7-5+. The molecule has 0 amide bonds. The van der Waals surface area contributed by atoms with Crippen LogP contribution in [0.25, 0.3) is 0 Å². The highest BCUT2D eigenvalue weighted by molar-refractivity contribution is 5.87. The highest BCUT2D eigenvalue weighted by Gasteiger charge is 1.80. The second-order valence-corrected chi connectivity index (χ2v) is 2.15. The summed E-state index contributed by atoms with van der Waals surface area (Å²) in [6.45, 7) is 1.51. The quantitative estimate of drug-likeness (QED) is 0.341. The van der Waals surface area contributed by atoms with E-state index < -0.39 is 0 Å². The first-order chi connectivity index (χ1) is 5.27. The van der Waals surface area contributed by atoms with Crippen molar-refractivity contribution < 1.29 is 9.59 Å². The van der Waals surface area contributed by atoms with E-state index >= 15 is 0 Å². The van der Waals surface area contributed by atoms with Crippen molar-refractivity contribution in [3.8, 4) is 0 Å². The molecule has 0 aliphatic rings. The summed E-state index contributed by atoms with van der Waals surface area (Å²) >= 11 is 0. The third kappa shape index (κ3) is 8.82. The summed E-state index contributed by atoms with van der Waals surface area (Å²) in [5.41, 5.74) is 0. The Labute approximate surface area is 66.6 Å². The molecule has 0 bridgehead atoms. The molecule has 2 heteroatoms. The van der Waals surface area contributed by atoms with Crippen LogP contribution in [0, 0.1) is 0 Å². The topological polar surface area (TPSA) is 34.1 Å². The molecule has 0 radical (unpaired) electrons. The van der Waals surface area contributed by atoms with Gasteiger partial charge in [0.15, 0.2) is 5.78 Å². The summed E-state index contributed by atoms with van der Waals surface area (Å²) < 4.78 is 0. The van der Waals surface area contributed by atoms with Crippen LogP contribution >= 0.6 is 0 Å². The Kier molecular flexibility index (Phi) is 6.19. The lowest BCUT2D eigenvalue weighted by Gasteiger charge is -1.83. The minimum atomic E-state index is 0.0596. The van der Waals surface area contributed by atoms with Crippen LogP contribution in [0.15, 0.2) is 24.3 Å². The second-order valence-electron chi connectivity index (χ2n) is 2.15. The van der Waals surface area contributed by atoms with Gasteiger partial charge in [0.1, 0.15) is 6.29 Å². The molecule has 0 spiro atoms. The zero-order chi connectivity index (χ0) is 8.53. The number of allylic oxidation sites excluding steroid dienone is 4. The number of carbonyl (C=O) groups excluding carboxylic acids is 2. The number of hydrogen-bond acceptors (Lipinski definition) is 2. The summed E-state index contributed by atoms with van der Waals surface area (Å²) in [4.78, 5) is 20.2. The summed E-state index contributed by atoms with van der Waals surface area (Å²) in [6, 6.07) is 0. The molecule has 0 saturated carbocycles. The van der Waals surface area contributed by atoms with Crippen LogP contribution in [0.3, 0.4) is 0 Å². The van der Waals surface area contributed by atoms with E-state index in [1.165, 1.54) is 19.1 Å². The van der Waals surface area contributed by atoms with E-state index in [0.29, 0.717) is 0 Å². The van der Waals surface area contributed by atoms with Gasteiger partial charge >= 0.3 is 0 Å². The maximum Gasteiger partial charge on any atom is 0.152 e. The summed E-state index contributed by atoms with van der Waals surface area (Å²) in [7, 11) is 0. The van der Waals surface area contributed by atoms with E-state index in [-0.39, 0.29) is 5.78 Å². The Hall–Kier alpha value is -1.18. The molecular formula is C9H12O2. The van der Waals surface area contributed by atoms with Gasteiger partial charge < -0.3 is 0 Å². The molecule has 0 saturated heterocycles. The largest absolute Gasteiger partial charge is 0.299 e. The Morgan fingerprint density at radius 2 is 1.91 bits per heavy atom. The maximum atomic E-state index is 10.4. The molecular weight excluding hydrogens is 140 g/mol. The monoisotopic (exact) mass is 152 g/mol. The van der Waals surface area contributed by atoms with E-state index in [4.69, 9.17) is 0 Å². The van der Waals surface area contributed by atoms with Gasteiger partial charge in [-0.15, -0.1) is 0 Å². The Morgan fingerprint density at radius 3 is 2.45 bits per heavy atom. The summed E-state index contributed by atoms with van der Waals surface area (Å²) in [5.74, 6) is 0.0596. The molecule has 0 aliphatic carbocycles. The predicted octanol–water partition coefficient (Wildman–Crippen LogP) is 1.67. The first kappa shape index (κ1) is 9.82. The lowest BCUT2D eigenvalue weighted by molar-refractivity contribution is -0.112. The molecule has 0 aromatic rings. The van der Waals surface area contributed by atoms with Crippen molar-refractivity contribution in [3.63, 3.8) is 0 Å². The van der Waals surface area contributed by atoms with Crippen molar-refractivity contribution in [3.05, 3.63) is 24.3 Å². The molecule has 0 heterocycles. The van der Waals surface area contributed by atoms with E-state index in [1.807, 2.05) is 0 Å². The lowest BCUT2D eigenvalue weighted by Crippen LogP contribution is -1.78. The highest BCUT2D eigenvalue weighted by Crippen LogP contribution is 1.91. The Balaban J connectivity index is 3.34. The van der Waals surface area contributed by atoms with Gasteiger partial charge in [-0.25, -0.2) is 0 Å². The normalized spacial score (nSPS) is 11.0. The van der Waals surface area contributed by atoms with Crippen LogP contribution in [0.4, 0.5) is 0 Å². The number of carbonyl (C=O) groups is 2. The van der Waals surface area contributed by atoms with Gasteiger partial charge in [-0.2, -0.15) is 0 Å². The Morgan fingerprint density at radius 1 is 1.27 bits per heavy atom. The fourth-order valence-corrected chi connectivity index (χ4v) is 0.594. The molecule has 0 aromatic heterocycles. The number of ketones is 1. The van der Waals surface area contributed by atoms with Gasteiger partial charge in [0.05, 0.1) is 0 Å². The minimum absolute atomic E-state index is 0.0596. The summed E-state index contributed by atoms with van der Waals surface area (Å²) in [6.07, 6.45) is 8.94. The minimum Gasteiger partial charge on any atom is -0.299 e. The van der Waals surface area contributed by atoms with Crippen molar-refractivity contribution in [2.45, 2.75) is 19.8 Å². The van der Waals surface area contributed by atoms with Crippen LogP contribution < -0.4 is 0 Å². The molecule has 2 nitrogen and oxygen atoms in total. The predicted molar refractivity (Wildman–Crippen MR) is 44.3 cm³/mol. The van der Waals surface area contributed by atoms with Crippen molar-refractivity contribution >= 4 is 12.1 Å². The van der Waals surface area contributed by atoms with E-state index in [2.05, 4.69) is 0 Å². The lowest BCUT2D eigenvalue weighted by atomic mass is 10.2. The first-order valence-electron chi connectivity index (χ1n) is 3.54. The third-order valence-corrected chi connectivity index (χ3v) is 1.07. The molecule has 0 aromatic carbocycles. The second kappa shape index (κ2) is 6.93. The zero-order valence-corrected chi connectivity index (χ0v) is 6.62.